The molecular formula is C35H34ClF4N3O4S. The fourth-order valence-electron chi connectivity index (χ4n) is 4.97. The monoisotopic (exact) mass is 703 g/mol. The predicted molar refractivity (Wildman–Crippen MR) is 176 cm³/mol. The van der Waals surface area contributed by atoms with Gasteiger partial charge in [0.2, 0.25) is 11.8 Å². The first-order chi connectivity index (χ1) is 22.6. The summed E-state index contributed by atoms with van der Waals surface area (Å²) in [4.78, 5) is 29.0. The highest BCUT2D eigenvalue weighted by atomic mass is 35.5. The van der Waals surface area contributed by atoms with Gasteiger partial charge in [-0.15, -0.1) is 0 Å². The number of amides is 2. The summed E-state index contributed by atoms with van der Waals surface area (Å²) >= 11 is 5.85. The van der Waals surface area contributed by atoms with Crippen molar-refractivity contribution in [2.24, 2.45) is 0 Å². The molecule has 0 unspecified atom stereocenters. The van der Waals surface area contributed by atoms with Crippen LogP contribution in [-0.4, -0.2) is 43.8 Å². The summed E-state index contributed by atoms with van der Waals surface area (Å²) in [5, 5.41) is 2.15. The van der Waals surface area contributed by atoms with Crippen LogP contribution in [0.25, 0.3) is 0 Å². The number of sulfonamides is 1. The maximum Gasteiger partial charge on any atom is 0.417 e. The Balaban J connectivity index is 1.86. The molecule has 0 aromatic heterocycles. The summed E-state index contributed by atoms with van der Waals surface area (Å²) in [5.74, 6) is -1.96. The first-order valence-electron chi connectivity index (χ1n) is 14.9. The summed E-state index contributed by atoms with van der Waals surface area (Å²) in [6.45, 7) is 3.98. The Bertz CT molecular complexity index is 1840. The molecule has 2 amide bonds. The van der Waals surface area contributed by atoms with Crippen molar-refractivity contribution in [3.63, 3.8) is 0 Å². The molecule has 7 nitrogen and oxygen atoms in total. The number of nitrogens with zero attached hydrogens (tertiary/aromatic N) is 2. The Kier molecular flexibility index (Phi) is 11.5. The maximum atomic E-state index is 14.4. The number of hydrogen-bond acceptors (Lipinski definition) is 4. The van der Waals surface area contributed by atoms with Crippen LogP contribution in [0.2, 0.25) is 5.02 Å². The molecule has 0 heterocycles. The number of nitrogens with one attached hydrogen (secondary N) is 1. The van der Waals surface area contributed by atoms with Crippen LogP contribution in [0, 0.1) is 12.7 Å². The van der Waals surface area contributed by atoms with E-state index in [-0.39, 0.29) is 23.9 Å². The van der Waals surface area contributed by atoms with Gasteiger partial charge in [0, 0.05) is 19.0 Å². The van der Waals surface area contributed by atoms with Gasteiger partial charge in [0.15, 0.2) is 0 Å². The number of anilines is 1. The van der Waals surface area contributed by atoms with Crippen molar-refractivity contribution in [1.82, 2.24) is 10.2 Å². The Morgan fingerprint density at radius 3 is 2.08 bits per heavy atom. The van der Waals surface area contributed by atoms with E-state index in [1.807, 2.05) is 0 Å². The minimum Gasteiger partial charge on any atom is -0.352 e. The van der Waals surface area contributed by atoms with E-state index in [2.05, 4.69) is 5.32 Å². The van der Waals surface area contributed by atoms with Crippen molar-refractivity contribution < 1.29 is 35.6 Å². The Labute approximate surface area is 282 Å². The van der Waals surface area contributed by atoms with Gasteiger partial charge >= 0.3 is 6.18 Å². The standard InChI is InChI=1S/C35H34ClF4N3O4S/c1-23(2)41-34(45)32(19-25-7-5-4-6-8-25)42(21-26-11-13-27(37)14-12-26)33(44)22-43(48(46,47)29-16-9-24(3)10-17-29)28-15-18-31(36)30(20-28)35(38,39)40/h4-18,20,23,32H,19,21-22H2,1-3H3,(H,41,45)/t32-/m1/s1. The van der Waals surface area contributed by atoms with Gasteiger partial charge in [-0.05, 0) is 74.4 Å². The molecule has 0 aliphatic heterocycles. The molecule has 4 rings (SSSR count). The number of halogens is 5. The highest BCUT2D eigenvalue weighted by Crippen LogP contribution is 2.38. The molecule has 0 saturated heterocycles. The van der Waals surface area contributed by atoms with Crippen LogP contribution in [0.5, 0.6) is 0 Å². The summed E-state index contributed by atoms with van der Waals surface area (Å²) in [6.07, 6.45) is -4.91. The first-order valence-corrected chi connectivity index (χ1v) is 16.7. The van der Waals surface area contributed by atoms with Crippen molar-refractivity contribution in [2.45, 2.75) is 56.9 Å². The van der Waals surface area contributed by atoms with Gasteiger partial charge in [-0.25, -0.2) is 12.8 Å². The van der Waals surface area contributed by atoms with E-state index in [9.17, 15) is 35.6 Å². The van der Waals surface area contributed by atoms with Gasteiger partial charge in [-0.3, -0.25) is 13.9 Å². The van der Waals surface area contributed by atoms with Crippen LogP contribution < -0.4 is 9.62 Å². The first kappa shape index (κ1) is 36.4. The second-order valence-electron chi connectivity index (χ2n) is 11.5. The van der Waals surface area contributed by atoms with Crippen molar-refractivity contribution in [2.75, 3.05) is 10.8 Å². The van der Waals surface area contributed by atoms with Gasteiger partial charge in [-0.2, -0.15) is 13.2 Å². The number of aryl methyl sites for hydroxylation is 1. The Morgan fingerprint density at radius 2 is 1.50 bits per heavy atom. The molecule has 4 aromatic rings. The lowest BCUT2D eigenvalue weighted by Gasteiger charge is -2.34. The minimum absolute atomic E-state index is 0.0240. The van der Waals surface area contributed by atoms with E-state index in [0.717, 1.165) is 22.6 Å². The van der Waals surface area contributed by atoms with Crippen LogP contribution in [0.15, 0.2) is 102 Å². The molecule has 1 atom stereocenters. The second-order valence-corrected chi connectivity index (χ2v) is 13.8. The van der Waals surface area contributed by atoms with Crippen molar-refractivity contribution >= 4 is 39.1 Å². The molecule has 0 saturated carbocycles. The number of benzene rings is 4. The SMILES string of the molecule is Cc1ccc(S(=O)(=O)N(CC(=O)N(Cc2ccc(F)cc2)[C@H](Cc2ccccc2)C(=O)NC(C)C)c2ccc(Cl)c(C(F)(F)F)c2)cc1. The molecule has 13 heteroatoms. The molecular weight excluding hydrogens is 670 g/mol. The minimum atomic E-state index is -4.93. The lowest BCUT2D eigenvalue weighted by molar-refractivity contribution is -0.140. The van der Waals surface area contributed by atoms with Gasteiger partial charge in [0.25, 0.3) is 10.0 Å². The van der Waals surface area contributed by atoms with E-state index in [1.54, 1.807) is 51.1 Å². The van der Waals surface area contributed by atoms with Crippen molar-refractivity contribution in [3.05, 3.63) is 130 Å². The average Bonchev–Trinajstić information content (AvgIpc) is 3.02. The van der Waals surface area contributed by atoms with Gasteiger partial charge in [0.05, 0.1) is 21.2 Å². The van der Waals surface area contributed by atoms with Gasteiger partial charge < -0.3 is 10.2 Å². The van der Waals surface area contributed by atoms with E-state index in [4.69, 9.17) is 11.6 Å². The molecule has 254 valence electrons. The van der Waals surface area contributed by atoms with Gasteiger partial charge in [-0.1, -0.05) is 71.8 Å². The van der Waals surface area contributed by atoms with E-state index in [0.29, 0.717) is 21.5 Å². The number of hydrogen-bond donors (Lipinski definition) is 1. The summed E-state index contributed by atoms with van der Waals surface area (Å²) in [6, 6.07) is 20.7. The molecule has 0 radical (unpaired) electrons. The zero-order valence-corrected chi connectivity index (χ0v) is 27.9. The van der Waals surface area contributed by atoms with Crippen molar-refractivity contribution in [3.8, 4) is 0 Å². The fourth-order valence-corrected chi connectivity index (χ4v) is 6.60. The molecule has 0 bridgehead atoms. The molecule has 4 aromatic carbocycles. The molecule has 0 aliphatic rings. The van der Waals surface area contributed by atoms with Crippen LogP contribution in [0.3, 0.4) is 0 Å². The average molecular weight is 704 g/mol. The van der Waals surface area contributed by atoms with E-state index < -0.39 is 62.7 Å². The molecule has 48 heavy (non-hydrogen) atoms. The van der Waals surface area contributed by atoms with Crippen LogP contribution in [0.1, 0.15) is 36.1 Å². The Hall–Kier alpha value is -4.42. The highest BCUT2D eigenvalue weighted by Gasteiger charge is 2.37. The number of alkyl halides is 3. The second kappa shape index (κ2) is 15.2. The van der Waals surface area contributed by atoms with Crippen LogP contribution in [0.4, 0.5) is 23.2 Å². The third-order valence-electron chi connectivity index (χ3n) is 7.40. The summed E-state index contributed by atoms with van der Waals surface area (Å²) in [5.41, 5.74) is 0.0926. The van der Waals surface area contributed by atoms with Gasteiger partial charge in [0.1, 0.15) is 18.4 Å². The predicted octanol–water partition coefficient (Wildman–Crippen LogP) is 7.17. The lowest BCUT2D eigenvalue weighted by atomic mass is 10.0. The smallest absolute Gasteiger partial charge is 0.352 e. The quantitative estimate of drug-likeness (QED) is 0.159. The van der Waals surface area contributed by atoms with Crippen LogP contribution >= 0.6 is 11.6 Å². The maximum absolute atomic E-state index is 14.4. The van der Waals surface area contributed by atoms with E-state index in [1.165, 1.54) is 48.5 Å². The largest absolute Gasteiger partial charge is 0.417 e. The third-order valence-corrected chi connectivity index (χ3v) is 9.52. The molecule has 1 N–H and O–H groups in total. The fraction of sp³-hybridized carbons (Fsp3) is 0.257. The zero-order chi connectivity index (χ0) is 35.2. The molecule has 0 spiro atoms. The number of rotatable bonds is 12. The lowest BCUT2D eigenvalue weighted by Crippen LogP contribution is -2.54. The summed E-state index contributed by atoms with van der Waals surface area (Å²) < 4.78 is 84.4. The number of carbonyl (C=O) groups excluding carboxylic acids is 2. The normalized spacial score (nSPS) is 12.4. The van der Waals surface area contributed by atoms with Crippen LogP contribution in [-0.2, 0) is 38.8 Å². The van der Waals surface area contributed by atoms with Crippen molar-refractivity contribution in [1.29, 1.82) is 0 Å². The highest BCUT2D eigenvalue weighted by molar-refractivity contribution is 7.92. The number of carbonyl (C=O) groups is 2. The summed E-state index contributed by atoms with van der Waals surface area (Å²) in [7, 11) is -4.65. The zero-order valence-electron chi connectivity index (χ0n) is 26.3. The topological polar surface area (TPSA) is 86.8 Å². The Morgan fingerprint density at radius 1 is 0.875 bits per heavy atom. The van der Waals surface area contributed by atoms with E-state index >= 15 is 0 Å². The molecule has 0 aliphatic carbocycles. The third kappa shape index (κ3) is 9.13. The molecule has 0 fully saturated rings.